The second kappa shape index (κ2) is 9.03. The van der Waals surface area contributed by atoms with Gasteiger partial charge in [-0.15, -0.1) is 0 Å². The van der Waals surface area contributed by atoms with Crippen molar-refractivity contribution in [1.29, 1.82) is 0 Å². The lowest BCUT2D eigenvalue weighted by Crippen LogP contribution is -2.44. The van der Waals surface area contributed by atoms with Gasteiger partial charge in [-0.2, -0.15) is 0 Å². The van der Waals surface area contributed by atoms with Crippen LogP contribution in [0.3, 0.4) is 0 Å². The molecule has 1 aliphatic carbocycles. The van der Waals surface area contributed by atoms with Crippen molar-refractivity contribution in [3.8, 4) is 0 Å². The van der Waals surface area contributed by atoms with E-state index in [1.165, 1.54) is 44.1 Å². The highest BCUT2D eigenvalue weighted by atomic mass is 16.6. The molecule has 0 bridgehead atoms. The Morgan fingerprint density at radius 2 is 1.67 bits per heavy atom. The lowest BCUT2D eigenvalue weighted by Gasteiger charge is -2.29. The van der Waals surface area contributed by atoms with E-state index in [4.69, 9.17) is 14.0 Å². The Bertz CT molecular complexity index is 429. The topological polar surface area (TPSA) is 27.7 Å². The first kappa shape index (κ1) is 18.0. The van der Waals surface area contributed by atoms with E-state index in [1.807, 2.05) is 7.11 Å². The summed E-state index contributed by atoms with van der Waals surface area (Å²) < 4.78 is 17.1. The minimum atomic E-state index is -0.176. The van der Waals surface area contributed by atoms with Crippen LogP contribution in [0.1, 0.15) is 56.9 Å². The zero-order valence-electron chi connectivity index (χ0n) is 15.2. The Morgan fingerprint density at radius 1 is 1.00 bits per heavy atom. The lowest BCUT2D eigenvalue weighted by atomic mass is 9.74. The molecule has 0 atom stereocenters. The van der Waals surface area contributed by atoms with Gasteiger partial charge in [0, 0.05) is 32.8 Å². The predicted molar refractivity (Wildman–Crippen MR) is 98.7 cm³/mol. The number of benzene rings is 1. The highest BCUT2D eigenvalue weighted by Crippen LogP contribution is 2.35. The van der Waals surface area contributed by atoms with E-state index in [0.29, 0.717) is 11.8 Å². The number of methoxy groups -OCH3 is 1. The van der Waals surface area contributed by atoms with Crippen LogP contribution in [0.2, 0.25) is 0 Å². The largest absolute Gasteiger partial charge is 0.493 e. The van der Waals surface area contributed by atoms with E-state index < -0.39 is 0 Å². The smallest absolute Gasteiger partial charge is 0.407 e. The van der Waals surface area contributed by atoms with Crippen LogP contribution in [0, 0.1) is 11.8 Å². The fourth-order valence-electron chi connectivity index (χ4n) is 4.13. The van der Waals surface area contributed by atoms with Crippen molar-refractivity contribution in [2.24, 2.45) is 11.8 Å². The number of rotatable bonds is 6. The van der Waals surface area contributed by atoms with Crippen LogP contribution < -0.4 is 5.46 Å². The Labute approximate surface area is 147 Å². The highest BCUT2D eigenvalue weighted by molar-refractivity contribution is 6.61. The van der Waals surface area contributed by atoms with Gasteiger partial charge in [0.1, 0.15) is 0 Å². The molecule has 3 nitrogen and oxygen atoms in total. The van der Waals surface area contributed by atoms with Gasteiger partial charge in [-0.1, -0.05) is 37.6 Å². The number of ether oxygens (including phenoxy) is 1. The molecule has 0 unspecified atom stereocenters. The maximum atomic E-state index is 5.92. The van der Waals surface area contributed by atoms with Crippen molar-refractivity contribution in [1.82, 2.24) is 0 Å². The van der Waals surface area contributed by atoms with E-state index in [9.17, 15) is 0 Å². The van der Waals surface area contributed by atoms with Crippen LogP contribution in [0.25, 0.3) is 0 Å². The summed E-state index contributed by atoms with van der Waals surface area (Å²) >= 11 is 0. The Morgan fingerprint density at radius 3 is 2.25 bits per heavy atom. The molecule has 0 radical (unpaired) electrons. The van der Waals surface area contributed by atoms with Gasteiger partial charge in [0.2, 0.25) is 0 Å². The molecule has 1 saturated heterocycles. The maximum Gasteiger partial charge on any atom is 0.493 e. The highest BCUT2D eigenvalue weighted by Gasteiger charge is 2.29. The van der Waals surface area contributed by atoms with Gasteiger partial charge in [-0.25, -0.2) is 0 Å². The molecule has 0 spiro atoms. The monoisotopic (exact) mass is 330 g/mol. The summed E-state index contributed by atoms with van der Waals surface area (Å²) in [5.74, 6) is 2.02. The molecule has 2 fully saturated rings. The second-order valence-electron chi connectivity index (χ2n) is 7.49. The molecule has 24 heavy (non-hydrogen) atoms. The molecule has 0 aromatic heterocycles. The van der Waals surface area contributed by atoms with Crippen LogP contribution in [0.4, 0.5) is 0 Å². The summed E-state index contributed by atoms with van der Waals surface area (Å²) in [5, 5.41) is 0. The average molecular weight is 330 g/mol. The normalized spacial score (nSPS) is 25.8. The minimum Gasteiger partial charge on any atom is -0.407 e. The van der Waals surface area contributed by atoms with E-state index >= 15 is 0 Å². The first-order valence-corrected chi connectivity index (χ1v) is 9.62. The third kappa shape index (κ3) is 4.62. The van der Waals surface area contributed by atoms with Crippen LogP contribution in [-0.2, 0) is 14.0 Å². The van der Waals surface area contributed by atoms with Crippen LogP contribution in [0.15, 0.2) is 24.3 Å². The quantitative estimate of drug-likeness (QED) is 0.743. The number of hydrogen-bond donors (Lipinski definition) is 0. The van der Waals surface area contributed by atoms with E-state index in [-0.39, 0.29) is 7.12 Å². The van der Waals surface area contributed by atoms with Gasteiger partial charge in [-0.3, -0.25) is 0 Å². The van der Waals surface area contributed by atoms with Gasteiger partial charge in [0.25, 0.3) is 0 Å². The lowest BCUT2D eigenvalue weighted by molar-refractivity contribution is 0.0821. The minimum absolute atomic E-state index is 0.176. The molecule has 1 aromatic carbocycles. The molecule has 1 saturated carbocycles. The second-order valence-corrected chi connectivity index (χ2v) is 7.49. The van der Waals surface area contributed by atoms with Crippen molar-refractivity contribution >= 4 is 12.6 Å². The molecule has 4 heteroatoms. The van der Waals surface area contributed by atoms with Crippen molar-refractivity contribution in [2.45, 2.75) is 51.4 Å². The zero-order chi connectivity index (χ0) is 16.8. The SMILES string of the molecule is CCCC1COB(c2ccc(C3CCC(COC)CC3)cc2)OC1. The van der Waals surface area contributed by atoms with Gasteiger partial charge >= 0.3 is 7.12 Å². The summed E-state index contributed by atoms with van der Waals surface area (Å²) in [6, 6.07) is 8.95. The first-order chi connectivity index (χ1) is 11.8. The Balaban J connectivity index is 1.51. The molecule has 0 amide bonds. The molecule has 1 aliphatic heterocycles. The maximum absolute atomic E-state index is 5.92. The number of hydrogen-bond acceptors (Lipinski definition) is 3. The molecule has 132 valence electrons. The van der Waals surface area contributed by atoms with Gasteiger partial charge in [0.05, 0.1) is 0 Å². The third-order valence-electron chi connectivity index (χ3n) is 5.59. The standard InChI is InChI=1S/C20H31BO3/c1-3-4-17-14-23-21(24-15-17)20-11-9-19(10-12-20)18-7-5-16(6-8-18)13-22-2/h9-12,16-18H,3-8,13-15H2,1-2H3. The third-order valence-corrected chi connectivity index (χ3v) is 5.59. The predicted octanol–water partition coefficient (Wildman–Crippen LogP) is 3.77. The molecule has 1 heterocycles. The molecular weight excluding hydrogens is 299 g/mol. The summed E-state index contributed by atoms with van der Waals surface area (Å²) in [6.07, 6.45) is 7.52. The summed E-state index contributed by atoms with van der Waals surface area (Å²) in [7, 11) is 1.63. The summed E-state index contributed by atoms with van der Waals surface area (Å²) in [6.45, 7) is 4.78. The van der Waals surface area contributed by atoms with Gasteiger partial charge < -0.3 is 14.0 Å². The van der Waals surface area contributed by atoms with Gasteiger partial charge in [0.15, 0.2) is 0 Å². The Hall–Kier alpha value is -0.835. The average Bonchev–Trinajstić information content (AvgIpc) is 2.64. The van der Waals surface area contributed by atoms with Crippen molar-refractivity contribution in [3.63, 3.8) is 0 Å². The van der Waals surface area contributed by atoms with Crippen LogP contribution in [-0.4, -0.2) is 34.0 Å². The molecule has 0 N–H and O–H groups in total. The molecule has 2 aliphatic rings. The fraction of sp³-hybridized carbons (Fsp3) is 0.700. The molecule has 1 aromatic rings. The summed E-state index contributed by atoms with van der Waals surface area (Å²) in [5.41, 5.74) is 2.62. The zero-order valence-corrected chi connectivity index (χ0v) is 15.2. The molecule has 3 rings (SSSR count). The van der Waals surface area contributed by atoms with Gasteiger partial charge in [-0.05, 0) is 55.0 Å². The Kier molecular flexibility index (Phi) is 6.76. The van der Waals surface area contributed by atoms with Crippen LogP contribution >= 0.6 is 0 Å². The van der Waals surface area contributed by atoms with E-state index in [2.05, 4.69) is 31.2 Å². The van der Waals surface area contributed by atoms with E-state index in [1.54, 1.807) is 0 Å². The molecular formula is C20H31BO3. The van der Waals surface area contributed by atoms with E-state index in [0.717, 1.165) is 31.2 Å². The van der Waals surface area contributed by atoms with Crippen molar-refractivity contribution in [2.75, 3.05) is 26.9 Å². The van der Waals surface area contributed by atoms with Crippen LogP contribution in [0.5, 0.6) is 0 Å². The van der Waals surface area contributed by atoms with Crippen molar-refractivity contribution in [3.05, 3.63) is 29.8 Å². The van der Waals surface area contributed by atoms with Crippen molar-refractivity contribution < 1.29 is 14.0 Å². The fourth-order valence-corrected chi connectivity index (χ4v) is 4.13. The summed E-state index contributed by atoms with van der Waals surface area (Å²) in [4.78, 5) is 0. The first-order valence-electron chi connectivity index (χ1n) is 9.62.